The van der Waals surface area contributed by atoms with Gasteiger partial charge >= 0.3 is 0 Å². The first-order valence-corrected chi connectivity index (χ1v) is 7.01. The number of hydrogen-bond acceptors (Lipinski definition) is 3. The highest BCUT2D eigenvalue weighted by atomic mass is 79.9. The lowest BCUT2D eigenvalue weighted by molar-refractivity contribution is 0.415. The summed E-state index contributed by atoms with van der Waals surface area (Å²) in [6.45, 7) is 0. The van der Waals surface area contributed by atoms with Gasteiger partial charge in [0.2, 0.25) is 0 Å². The van der Waals surface area contributed by atoms with Crippen LogP contribution in [0.1, 0.15) is 5.56 Å². The molecule has 2 rings (SSSR count). The Kier molecular flexibility index (Phi) is 4.46. The van der Waals surface area contributed by atoms with Crippen molar-refractivity contribution in [2.24, 2.45) is 0 Å². The SMILES string of the molecule is COc1cc(Br)cc(Nc2cc(Br)cc(C#N)c2)c1. The van der Waals surface area contributed by atoms with E-state index in [4.69, 9.17) is 10.00 Å². The molecule has 0 radical (unpaired) electrons. The number of nitrogens with one attached hydrogen (secondary N) is 1. The minimum Gasteiger partial charge on any atom is -0.497 e. The van der Waals surface area contributed by atoms with Crippen LogP contribution in [-0.4, -0.2) is 7.11 Å². The highest BCUT2D eigenvalue weighted by Crippen LogP contribution is 2.28. The standard InChI is InChI=1S/C14H10Br2N2O/c1-19-14-6-11(16)5-13(7-14)18-12-3-9(8-17)2-10(15)4-12/h2-7,18H,1H3. The molecule has 0 aliphatic rings. The molecule has 5 heteroatoms. The first-order valence-electron chi connectivity index (χ1n) is 5.43. The van der Waals surface area contributed by atoms with Crippen LogP contribution >= 0.6 is 31.9 Å². The number of nitriles is 1. The molecule has 0 unspecified atom stereocenters. The zero-order valence-electron chi connectivity index (χ0n) is 10.1. The van der Waals surface area contributed by atoms with Gasteiger partial charge in [-0.2, -0.15) is 5.26 Å². The monoisotopic (exact) mass is 380 g/mol. The van der Waals surface area contributed by atoms with Crippen molar-refractivity contribution in [3.05, 3.63) is 50.9 Å². The van der Waals surface area contributed by atoms with Crippen LogP contribution in [0.25, 0.3) is 0 Å². The Morgan fingerprint density at radius 3 is 2.26 bits per heavy atom. The molecule has 2 aromatic carbocycles. The summed E-state index contributed by atoms with van der Waals surface area (Å²) in [6, 6.07) is 13.3. The van der Waals surface area contributed by atoms with E-state index in [2.05, 4.69) is 43.2 Å². The fourth-order valence-electron chi connectivity index (χ4n) is 1.65. The number of hydrogen-bond donors (Lipinski definition) is 1. The largest absolute Gasteiger partial charge is 0.497 e. The number of anilines is 2. The molecule has 0 aliphatic heterocycles. The van der Waals surface area contributed by atoms with E-state index in [-0.39, 0.29) is 0 Å². The number of benzene rings is 2. The normalized spacial score (nSPS) is 9.79. The van der Waals surface area contributed by atoms with Gasteiger partial charge < -0.3 is 10.1 Å². The molecule has 3 nitrogen and oxygen atoms in total. The molecular weight excluding hydrogens is 372 g/mol. The molecule has 0 saturated heterocycles. The van der Waals surface area contributed by atoms with Gasteiger partial charge in [0.05, 0.1) is 18.7 Å². The van der Waals surface area contributed by atoms with Gasteiger partial charge in [-0.05, 0) is 30.3 Å². The van der Waals surface area contributed by atoms with Gasteiger partial charge in [0.1, 0.15) is 5.75 Å². The van der Waals surface area contributed by atoms with E-state index in [0.29, 0.717) is 5.56 Å². The maximum atomic E-state index is 8.95. The van der Waals surface area contributed by atoms with Gasteiger partial charge in [-0.1, -0.05) is 31.9 Å². The first kappa shape index (κ1) is 13.9. The van der Waals surface area contributed by atoms with Crippen LogP contribution in [0, 0.1) is 11.3 Å². The van der Waals surface area contributed by atoms with Gasteiger partial charge in [0.15, 0.2) is 0 Å². The second-order valence-corrected chi connectivity index (χ2v) is 5.68. The second-order valence-electron chi connectivity index (χ2n) is 3.85. The Labute approximate surface area is 128 Å². The van der Waals surface area contributed by atoms with Crippen LogP contribution in [0.5, 0.6) is 5.75 Å². The third-order valence-corrected chi connectivity index (χ3v) is 3.34. The van der Waals surface area contributed by atoms with Gasteiger partial charge in [-0.25, -0.2) is 0 Å². The Hall–Kier alpha value is -1.51. The second kappa shape index (κ2) is 6.09. The zero-order valence-corrected chi connectivity index (χ0v) is 13.2. The molecule has 1 N–H and O–H groups in total. The fourth-order valence-corrected chi connectivity index (χ4v) is 2.61. The highest BCUT2D eigenvalue weighted by molar-refractivity contribution is 9.10. The Morgan fingerprint density at radius 2 is 1.63 bits per heavy atom. The van der Waals surface area contributed by atoms with E-state index in [1.54, 1.807) is 19.2 Å². The van der Waals surface area contributed by atoms with Crippen molar-refractivity contribution < 1.29 is 4.74 Å². The molecule has 0 fully saturated rings. The topological polar surface area (TPSA) is 45.0 Å². The molecule has 0 amide bonds. The summed E-state index contributed by atoms with van der Waals surface area (Å²) in [7, 11) is 1.62. The van der Waals surface area contributed by atoms with Crippen molar-refractivity contribution in [1.29, 1.82) is 5.26 Å². The molecule has 0 saturated carbocycles. The third-order valence-electron chi connectivity index (χ3n) is 2.42. The minimum absolute atomic E-state index is 0.596. The predicted octanol–water partition coefficient (Wildman–Crippen LogP) is 4.84. The lowest BCUT2D eigenvalue weighted by atomic mass is 10.2. The van der Waals surface area contributed by atoms with Crippen molar-refractivity contribution >= 4 is 43.2 Å². The van der Waals surface area contributed by atoms with E-state index in [9.17, 15) is 0 Å². The lowest BCUT2D eigenvalue weighted by Crippen LogP contribution is -1.93. The lowest BCUT2D eigenvalue weighted by Gasteiger charge is -2.10. The van der Waals surface area contributed by atoms with Crippen LogP contribution in [0.15, 0.2) is 45.3 Å². The number of ether oxygens (including phenoxy) is 1. The summed E-state index contributed by atoms with van der Waals surface area (Å²) in [4.78, 5) is 0. The Bertz CT molecular complexity index is 650. The minimum atomic E-state index is 0.596. The number of methoxy groups -OCH3 is 1. The summed E-state index contributed by atoms with van der Waals surface area (Å²) in [5.74, 6) is 0.757. The van der Waals surface area contributed by atoms with Crippen molar-refractivity contribution in [3.8, 4) is 11.8 Å². The molecule has 0 aromatic heterocycles. The van der Waals surface area contributed by atoms with Crippen LogP contribution in [0.2, 0.25) is 0 Å². The number of halogens is 2. The Morgan fingerprint density at radius 1 is 1.00 bits per heavy atom. The van der Waals surface area contributed by atoms with Crippen molar-refractivity contribution in [1.82, 2.24) is 0 Å². The third kappa shape index (κ3) is 3.72. The molecular formula is C14H10Br2N2O. The summed E-state index contributed by atoms with van der Waals surface area (Å²) in [5, 5.41) is 12.2. The summed E-state index contributed by atoms with van der Waals surface area (Å²) >= 11 is 6.81. The molecule has 0 spiro atoms. The molecule has 0 heterocycles. The van der Waals surface area contributed by atoms with Crippen molar-refractivity contribution in [2.75, 3.05) is 12.4 Å². The maximum absolute atomic E-state index is 8.95. The smallest absolute Gasteiger partial charge is 0.122 e. The number of rotatable bonds is 3. The van der Waals surface area contributed by atoms with Crippen LogP contribution < -0.4 is 10.1 Å². The molecule has 0 aliphatic carbocycles. The van der Waals surface area contributed by atoms with Gasteiger partial charge in [0, 0.05) is 26.4 Å². The van der Waals surface area contributed by atoms with E-state index in [1.165, 1.54) is 0 Å². The maximum Gasteiger partial charge on any atom is 0.122 e. The molecule has 0 atom stereocenters. The average molecular weight is 382 g/mol. The fraction of sp³-hybridized carbons (Fsp3) is 0.0714. The van der Waals surface area contributed by atoms with Crippen molar-refractivity contribution in [2.45, 2.75) is 0 Å². The summed E-state index contributed by atoms with van der Waals surface area (Å²) < 4.78 is 6.99. The van der Waals surface area contributed by atoms with Gasteiger partial charge in [-0.3, -0.25) is 0 Å². The van der Waals surface area contributed by atoms with Gasteiger partial charge in [-0.15, -0.1) is 0 Å². The first-order chi connectivity index (χ1) is 9.10. The van der Waals surface area contributed by atoms with E-state index >= 15 is 0 Å². The molecule has 2 aromatic rings. The van der Waals surface area contributed by atoms with Crippen LogP contribution in [-0.2, 0) is 0 Å². The summed E-state index contributed by atoms with van der Waals surface area (Å²) in [5.41, 5.74) is 2.32. The quantitative estimate of drug-likeness (QED) is 0.827. The zero-order chi connectivity index (χ0) is 13.8. The van der Waals surface area contributed by atoms with E-state index in [1.807, 2.05) is 24.3 Å². The van der Waals surface area contributed by atoms with E-state index < -0.39 is 0 Å². The molecule has 0 bridgehead atoms. The van der Waals surface area contributed by atoms with Gasteiger partial charge in [0.25, 0.3) is 0 Å². The highest BCUT2D eigenvalue weighted by Gasteiger charge is 2.03. The predicted molar refractivity (Wildman–Crippen MR) is 82.8 cm³/mol. The number of nitrogens with zero attached hydrogens (tertiary/aromatic N) is 1. The molecule has 96 valence electrons. The molecule has 19 heavy (non-hydrogen) atoms. The van der Waals surface area contributed by atoms with Crippen molar-refractivity contribution in [3.63, 3.8) is 0 Å². The average Bonchev–Trinajstić information content (AvgIpc) is 2.37. The van der Waals surface area contributed by atoms with Crippen LogP contribution in [0.4, 0.5) is 11.4 Å². The van der Waals surface area contributed by atoms with Crippen LogP contribution in [0.3, 0.4) is 0 Å². The Balaban J connectivity index is 2.33. The summed E-state index contributed by atoms with van der Waals surface area (Å²) in [6.07, 6.45) is 0. The van der Waals surface area contributed by atoms with E-state index in [0.717, 1.165) is 26.1 Å².